The highest BCUT2D eigenvalue weighted by atomic mass is 32.1. The largest absolute Gasteiger partial charge is 0.478 e. The van der Waals surface area contributed by atoms with Crippen LogP contribution >= 0.6 is 12.6 Å². The van der Waals surface area contributed by atoms with Crippen molar-refractivity contribution < 1.29 is 49.5 Å². The number of carboxylic acids is 3. The quantitative estimate of drug-likeness (QED) is 0.123. The van der Waals surface area contributed by atoms with Crippen molar-refractivity contribution in [2.75, 3.05) is 23.7 Å². The Hall–Kier alpha value is -4.93. The molecule has 3 rings (SSSR count). The summed E-state index contributed by atoms with van der Waals surface area (Å²) in [4.78, 5) is 76.0. The maximum atomic E-state index is 14.8. The van der Waals surface area contributed by atoms with Gasteiger partial charge in [-0.1, -0.05) is 13.8 Å². The molecule has 2 amide bonds. The highest BCUT2D eigenvalue weighted by molar-refractivity contribution is 7.80. The third-order valence-electron chi connectivity index (χ3n) is 7.31. The van der Waals surface area contributed by atoms with Crippen LogP contribution in [0.3, 0.4) is 0 Å². The summed E-state index contributed by atoms with van der Waals surface area (Å²) in [7, 11) is 0. The first-order chi connectivity index (χ1) is 21.2. The number of amides is 2. The highest BCUT2D eigenvalue weighted by Gasteiger charge is 2.58. The van der Waals surface area contributed by atoms with E-state index in [0.717, 1.165) is 41.8 Å². The van der Waals surface area contributed by atoms with E-state index in [1.807, 2.05) is 0 Å². The molecule has 0 aromatic carbocycles. The Morgan fingerprint density at radius 2 is 1.40 bits per heavy atom. The Morgan fingerprint density at radius 1 is 0.867 bits per heavy atom. The van der Waals surface area contributed by atoms with Crippen molar-refractivity contribution in [3.63, 3.8) is 0 Å². The number of carbonyl (C=O) groups is 5. The third-order valence-corrected chi connectivity index (χ3v) is 7.53. The van der Waals surface area contributed by atoms with Crippen LogP contribution in [-0.4, -0.2) is 89.0 Å². The topological polar surface area (TPSA) is 240 Å². The molecule has 15 nitrogen and oxygen atoms in total. The summed E-state index contributed by atoms with van der Waals surface area (Å²) >= 11 is 4.03. The lowest BCUT2D eigenvalue weighted by atomic mass is 9.64. The fourth-order valence-electron chi connectivity index (χ4n) is 4.84. The molecule has 0 aliphatic rings. The van der Waals surface area contributed by atoms with E-state index >= 15 is 0 Å². The molecular formula is C29H31N5O10S. The number of carboxylic acid groups (broad SMARTS) is 3. The first-order valence-corrected chi connectivity index (χ1v) is 14.0. The Bertz CT molecular complexity index is 1620. The molecule has 3 heterocycles. The van der Waals surface area contributed by atoms with Crippen molar-refractivity contribution in [1.82, 2.24) is 20.3 Å². The molecule has 16 heteroatoms. The van der Waals surface area contributed by atoms with Gasteiger partial charge in [0.25, 0.3) is 5.91 Å². The fourth-order valence-corrected chi connectivity index (χ4v) is 4.95. The summed E-state index contributed by atoms with van der Waals surface area (Å²) in [6.45, 7) is 2.08. The number of rotatable bonds is 14. The van der Waals surface area contributed by atoms with Gasteiger partial charge in [0, 0.05) is 73.4 Å². The van der Waals surface area contributed by atoms with Crippen molar-refractivity contribution in [2.24, 2.45) is 5.41 Å². The minimum atomic E-state index is -3.04. The number of aromatic nitrogens is 3. The number of aliphatic hydroxyl groups excluding tert-OH is 1. The summed E-state index contributed by atoms with van der Waals surface area (Å²) < 4.78 is 0. The molecule has 0 aliphatic heterocycles. The second kappa shape index (κ2) is 14.2. The van der Waals surface area contributed by atoms with Gasteiger partial charge in [0.05, 0.1) is 22.9 Å². The molecule has 0 aliphatic carbocycles. The number of hydrogen-bond acceptors (Lipinski definition) is 11. The van der Waals surface area contributed by atoms with E-state index in [9.17, 15) is 49.5 Å². The molecular weight excluding hydrogens is 610 g/mol. The number of aliphatic hydroxyl groups is 2. The average Bonchev–Trinajstić information content (AvgIpc) is 3.02. The summed E-state index contributed by atoms with van der Waals surface area (Å²) in [6.07, 6.45) is 3.88. The number of thiol groups is 1. The highest BCUT2D eigenvalue weighted by Crippen LogP contribution is 2.51. The maximum Gasteiger partial charge on any atom is 0.339 e. The lowest BCUT2D eigenvalue weighted by Gasteiger charge is -2.47. The molecule has 3 aromatic rings. The van der Waals surface area contributed by atoms with Gasteiger partial charge in [-0.3, -0.25) is 24.5 Å². The van der Waals surface area contributed by atoms with E-state index in [1.54, 1.807) is 0 Å². The molecule has 0 saturated heterocycles. The molecule has 2 atom stereocenters. The van der Waals surface area contributed by atoms with Crippen molar-refractivity contribution >= 4 is 48.0 Å². The zero-order valence-corrected chi connectivity index (χ0v) is 25.0. The Labute approximate surface area is 262 Å². The van der Waals surface area contributed by atoms with E-state index in [1.165, 1.54) is 32.3 Å². The molecule has 6 N–H and O–H groups in total. The maximum absolute atomic E-state index is 14.8. The molecule has 238 valence electrons. The summed E-state index contributed by atoms with van der Waals surface area (Å²) in [5, 5.41) is 56.6. The van der Waals surface area contributed by atoms with Gasteiger partial charge in [0.15, 0.2) is 5.60 Å². The number of carbonyl (C=O) groups excluding carboxylic acids is 2. The number of aromatic carboxylic acids is 3. The predicted molar refractivity (Wildman–Crippen MR) is 160 cm³/mol. The van der Waals surface area contributed by atoms with Gasteiger partial charge < -0.3 is 35.7 Å². The second-order valence-corrected chi connectivity index (χ2v) is 10.8. The van der Waals surface area contributed by atoms with Gasteiger partial charge in [-0.2, -0.15) is 12.6 Å². The fraction of sp³-hybridized carbons (Fsp3) is 0.310. The van der Waals surface area contributed by atoms with Gasteiger partial charge in [-0.15, -0.1) is 0 Å². The lowest BCUT2D eigenvalue weighted by molar-refractivity contribution is -0.168. The second-order valence-electron chi connectivity index (χ2n) is 10.3. The van der Waals surface area contributed by atoms with Crippen LogP contribution in [0.25, 0.3) is 0 Å². The normalized spacial score (nSPS) is 13.3. The van der Waals surface area contributed by atoms with Gasteiger partial charge in [0.1, 0.15) is 5.56 Å². The summed E-state index contributed by atoms with van der Waals surface area (Å²) in [6, 6.07) is 3.37. The van der Waals surface area contributed by atoms with Gasteiger partial charge >= 0.3 is 17.9 Å². The average molecular weight is 642 g/mol. The molecule has 45 heavy (non-hydrogen) atoms. The SMILES string of the molecule is CC(C)(C(O)c1ccncc1C(=O)O)[C@](O)(C(=O)N(CCC(=O)NCCS)c1ccncc1C(=O)O)c1ccncc1C(=O)O. The van der Waals surface area contributed by atoms with Crippen LogP contribution in [0.5, 0.6) is 0 Å². The molecule has 0 bridgehead atoms. The summed E-state index contributed by atoms with van der Waals surface area (Å²) in [5.41, 5.74) is -7.88. The first-order valence-electron chi connectivity index (χ1n) is 13.3. The standard InChI is InChI=1S/C29H31N5O10S/c1-28(2,23(36)16-3-7-30-13-17(16)24(37)38)29(44,20-4-8-31-14-18(20)25(39)40)27(43)34(11-6-22(35)33-10-12-45)21-5-9-32-15-19(21)26(41)42/h3-5,7-9,13-15,23,36,44-45H,6,10-12H2,1-2H3,(H,33,35)(H,37,38)(H,39,40)(H,41,42)/t23?,29-/m1/s1. The van der Waals surface area contributed by atoms with Gasteiger partial charge in [-0.25, -0.2) is 14.4 Å². The van der Waals surface area contributed by atoms with Crippen LogP contribution in [0.4, 0.5) is 5.69 Å². The van der Waals surface area contributed by atoms with Crippen LogP contribution in [-0.2, 0) is 15.2 Å². The molecule has 1 unspecified atom stereocenters. The lowest BCUT2D eigenvalue weighted by Crippen LogP contribution is -2.58. The minimum absolute atomic E-state index is 0.186. The van der Waals surface area contributed by atoms with Crippen LogP contribution < -0.4 is 10.2 Å². The van der Waals surface area contributed by atoms with Crippen molar-refractivity contribution in [3.05, 3.63) is 83.2 Å². The van der Waals surface area contributed by atoms with Crippen LogP contribution in [0.2, 0.25) is 0 Å². The van der Waals surface area contributed by atoms with Gasteiger partial charge in [0.2, 0.25) is 5.91 Å². The number of nitrogens with zero attached hydrogens (tertiary/aromatic N) is 4. The van der Waals surface area contributed by atoms with E-state index in [0.29, 0.717) is 5.75 Å². The molecule has 0 saturated carbocycles. The Kier molecular flexibility index (Phi) is 10.9. The van der Waals surface area contributed by atoms with Crippen LogP contribution in [0.1, 0.15) is 68.6 Å². The van der Waals surface area contributed by atoms with Gasteiger partial charge in [-0.05, 0) is 23.8 Å². The predicted octanol–water partition coefficient (Wildman–Crippen LogP) is 1.38. The first kappa shape index (κ1) is 34.6. The summed E-state index contributed by atoms with van der Waals surface area (Å²) in [5.74, 6) is -6.15. The number of pyridine rings is 3. The molecule has 3 aromatic heterocycles. The van der Waals surface area contributed by atoms with Crippen molar-refractivity contribution in [1.29, 1.82) is 0 Å². The van der Waals surface area contributed by atoms with Crippen molar-refractivity contribution in [3.8, 4) is 0 Å². The Balaban J connectivity index is 2.35. The van der Waals surface area contributed by atoms with E-state index in [4.69, 9.17) is 0 Å². The zero-order valence-electron chi connectivity index (χ0n) is 24.1. The number of hydrogen-bond donors (Lipinski definition) is 7. The van der Waals surface area contributed by atoms with E-state index < -0.39 is 82.1 Å². The van der Waals surface area contributed by atoms with E-state index in [-0.39, 0.29) is 17.8 Å². The van der Waals surface area contributed by atoms with Crippen molar-refractivity contribution in [2.45, 2.75) is 32.0 Å². The number of anilines is 1. The van der Waals surface area contributed by atoms with E-state index in [2.05, 4.69) is 32.9 Å². The minimum Gasteiger partial charge on any atom is -0.478 e. The molecule has 0 radical (unpaired) electrons. The Morgan fingerprint density at radius 3 is 1.98 bits per heavy atom. The molecule has 0 fully saturated rings. The smallest absolute Gasteiger partial charge is 0.339 e. The zero-order chi connectivity index (χ0) is 33.5. The third kappa shape index (κ3) is 6.92. The number of nitrogens with one attached hydrogen (secondary N) is 1. The van der Waals surface area contributed by atoms with Crippen LogP contribution in [0, 0.1) is 5.41 Å². The molecule has 0 spiro atoms. The van der Waals surface area contributed by atoms with Crippen LogP contribution in [0.15, 0.2) is 55.4 Å². The monoisotopic (exact) mass is 641 g/mol.